The van der Waals surface area contributed by atoms with Crippen molar-refractivity contribution in [2.24, 2.45) is 5.73 Å². The highest BCUT2D eigenvalue weighted by Crippen LogP contribution is 2.44. The minimum atomic E-state index is -3.58. The maximum absolute atomic E-state index is 13.7. The fraction of sp³-hybridized carbons (Fsp3) is 0.440. The van der Waals surface area contributed by atoms with Crippen LogP contribution in [0.4, 0.5) is 0 Å². The minimum absolute atomic E-state index is 0.266. The quantitative estimate of drug-likeness (QED) is 0.557. The molecule has 0 aromatic heterocycles. The number of sulfone groups is 1. The first-order valence-corrected chi connectivity index (χ1v) is 13.6. The molecule has 2 N–H and O–H groups in total. The smallest absolute Gasteiger partial charge is 0.253 e. The van der Waals surface area contributed by atoms with Crippen molar-refractivity contribution in [3.05, 3.63) is 69.7 Å². The molecule has 0 spiro atoms. The Labute approximate surface area is 216 Å². The number of nitrogens with zero attached hydrogens (tertiary/aromatic N) is 1. The summed E-state index contributed by atoms with van der Waals surface area (Å²) in [6.07, 6.45) is -2.24. The SMILES string of the molecule is C[C@@H](CS(=O)(=O)C(C)(C)C)N1C(=O)[C@@H](CC(N)=O)O[C@H](c2cccc(Cl)c2)[C@H]1c1ccc(Cl)cc1. The zero-order chi connectivity index (χ0) is 26.1. The number of amides is 2. The fourth-order valence-corrected chi connectivity index (χ4v) is 5.78. The van der Waals surface area contributed by atoms with Crippen LogP contribution < -0.4 is 5.73 Å². The fourth-order valence-electron chi connectivity index (χ4n) is 4.16. The molecular formula is C25H30Cl2N2O5S. The average molecular weight is 541 g/mol. The van der Waals surface area contributed by atoms with E-state index in [4.69, 9.17) is 33.7 Å². The zero-order valence-electron chi connectivity index (χ0n) is 20.1. The second kappa shape index (κ2) is 10.5. The van der Waals surface area contributed by atoms with Crippen LogP contribution in [-0.4, -0.2) is 47.8 Å². The number of carbonyl (C=O) groups excluding carboxylic acids is 2. The summed E-state index contributed by atoms with van der Waals surface area (Å²) in [6, 6.07) is 12.5. The Bertz CT molecular complexity index is 1200. The number of morpholine rings is 1. The number of ether oxygens (including phenoxy) is 1. The van der Waals surface area contributed by atoms with Gasteiger partial charge in [-0.25, -0.2) is 8.42 Å². The Morgan fingerprint density at radius 2 is 1.71 bits per heavy atom. The monoisotopic (exact) mass is 540 g/mol. The van der Waals surface area contributed by atoms with Gasteiger partial charge in [-0.1, -0.05) is 47.5 Å². The van der Waals surface area contributed by atoms with Gasteiger partial charge in [-0.05, 0) is 63.1 Å². The van der Waals surface area contributed by atoms with Crippen LogP contribution in [0, 0.1) is 0 Å². The Morgan fingerprint density at radius 1 is 1.09 bits per heavy atom. The predicted octanol–water partition coefficient (Wildman–Crippen LogP) is 4.48. The molecule has 2 aromatic carbocycles. The van der Waals surface area contributed by atoms with Crippen LogP contribution >= 0.6 is 23.2 Å². The Hall–Kier alpha value is -2.13. The van der Waals surface area contributed by atoms with Gasteiger partial charge < -0.3 is 15.4 Å². The van der Waals surface area contributed by atoms with Crippen molar-refractivity contribution in [1.82, 2.24) is 4.90 Å². The molecule has 35 heavy (non-hydrogen) atoms. The van der Waals surface area contributed by atoms with Gasteiger partial charge in [0.2, 0.25) is 5.91 Å². The molecule has 1 saturated heterocycles. The van der Waals surface area contributed by atoms with Gasteiger partial charge in [0.15, 0.2) is 9.84 Å². The number of nitrogens with two attached hydrogens (primary N) is 1. The van der Waals surface area contributed by atoms with E-state index in [9.17, 15) is 18.0 Å². The average Bonchev–Trinajstić information content (AvgIpc) is 2.74. The van der Waals surface area contributed by atoms with Gasteiger partial charge in [0.1, 0.15) is 12.2 Å². The van der Waals surface area contributed by atoms with E-state index >= 15 is 0 Å². The summed E-state index contributed by atoms with van der Waals surface area (Å²) in [6.45, 7) is 6.55. The summed E-state index contributed by atoms with van der Waals surface area (Å²) in [7, 11) is -3.58. The second-order valence-corrected chi connectivity index (χ2v) is 13.4. The summed E-state index contributed by atoms with van der Waals surface area (Å²) in [5.74, 6) is -1.47. The van der Waals surface area contributed by atoms with Gasteiger partial charge in [0.25, 0.3) is 5.91 Å². The lowest BCUT2D eigenvalue weighted by Gasteiger charge is -2.47. The van der Waals surface area contributed by atoms with E-state index in [-0.39, 0.29) is 12.2 Å². The number of halogens is 2. The highest BCUT2D eigenvalue weighted by atomic mass is 35.5. The molecule has 1 heterocycles. The van der Waals surface area contributed by atoms with Crippen LogP contribution in [0.2, 0.25) is 10.0 Å². The molecule has 0 unspecified atom stereocenters. The van der Waals surface area contributed by atoms with Gasteiger partial charge in [0, 0.05) is 16.1 Å². The van der Waals surface area contributed by atoms with Gasteiger partial charge in [0.05, 0.1) is 23.0 Å². The van der Waals surface area contributed by atoms with Crippen molar-refractivity contribution < 1.29 is 22.7 Å². The molecule has 2 aromatic rings. The van der Waals surface area contributed by atoms with E-state index in [2.05, 4.69) is 0 Å². The third-order valence-corrected chi connectivity index (χ3v) is 9.35. The van der Waals surface area contributed by atoms with Crippen molar-refractivity contribution >= 4 is 44.9 Å². The molecule has 7 nitrogen and oxygen atoms in total. The summed E-state index contributed by atoms with van der Waals surface area (Å²) in [5, 5.41) is 0.983. The molecule has 3 rings (SSSR count). The molecule has 0 aliphatic carbocycles. The topological polar surface area (TPSA) is 107 Å². The van der Waals surface area contributed by atoms with Crippen LogP contribution in [0.5, 0.6) is 0 Å². The van der Waals surface area contributed by atoms with Crippen LogP contribution in [0.1, 0.15) is 57.4 Å². The molecule has 10 heteroatoms. The standard InChI is InChI=1S/C25H30Cl2N2O5S/c1-15(14-35(32,33)25(2,3)4)29-22(16-8-10-18(26)11-9-16)23(17-6-5-7-19(27)12-17)34-20(24(29)31)13-21(28)30/h5-12,15,20,22-23H,13-14H2,1-4H3,(H2,28,30)/t15-,20+,22+,23+/m0/s1. The normalized spacial score (nSPS) is 22.2. The molecule has 0 saturated carbocycles. The number of benzene rings is 2. The number of primary amides is 1. The second-order valence-electron chi connectivity index (χ2n) is 9.76. The molecule has 4 atom stereocenters. The van der Waals surface area contributed by atoms with Crippen molar-refractivity contribution in [1.29, 1.82) is 0 Å². The largest absolute Gasteiger partial charge is 0.370 e. The number of hydrogen-bond acceptors (Lipinski definition) is 5. The highest BCUT2D eigenvalue weighted by molar-refractivity contribution is 7.92. The number of carbonyl (C=O) groups is 2. The summed E-state index contributed by atoms with van der Waals surface area (Å²) >= 11 is 12.4. The Kier molecular flexibility index (Phi) is 8.21. The van der Waals surface area contributed by atoms with Crippen LogP contribution in [-0.2, 0) is 24.2 Å². The van der Waals surface area contributed by atoms with Crippen molar-refractivity contribution in [3.63, 3.8) is 0 Å². The van der Waals surface area contributed by atoms with E-state index in [0.29, 0.717) is 21.2 Å². The van der Waals surface area contributed by atoms with Gasteiger partial charge in [-0.3, -0.25) is 9.59 Å². The molecular weight excluding hydrogens is 511 g/mol. The van der Waals surface area contributed by atoms with Gasteiger partial charge in [-0.2, -0.15) is 0 Å². The van der Waals surface area contributed by atoms with E-state index in [1.807, 2.05) is 6.07 Å². The van der Waals surface area contributed by atoms with E-state index in [1.165, 1.54) is 4.90 Å². The molecule has 0 radical (unpaired) electrons. The molecule has 0 bridgehead atoms. The molecule has 190 valence electrons. The maximum Gasteiger partial charge on any atom is 0.253 e. The maximum atomic E-state index is 13.7. The lowest BCUT2D eigenvalue weighted by Crippen LogP contribution is -2.56. The van der Waals surface area contributed by atoms with Crippen molar-refractivity contribution in [3.8, 4) is 0 Å². The number of hydrogen-bond donors (Lipinski definition) is 1. The highest BCUT2D eigenvalue weighted by Gasteiger charge is 2.47. The van der Waals surface area contributed by atoms with Crippen LogP contribution in [0.15, 0.2) is 48.5 Å². The first kappa shape index (κ1) is 27.5. The Balaban J connectivity index is 2.17. The first-order valence-electron chi connectivity index (χ1n) is 11.2. The number of rotatable bonds is 7. The van der Waals surface area contributed by atoms with Crippen molar-refractivity contribution in [2.45, 2.75) is 63.2 Å². The summed E-state index contributed by atoms with van der Waals surface area (Å²) < 4.78 is 31.3. The van der Waals surface area contributed by atoms with E-state index < -0.39 is 50.7 Å². The van der Waals surface area contributed by atoms with E-state index in [1.54, 1.807) is 70.2 Å². The molecule has 1 aliphatic rings. The van der Waals surface area contributed by atoms with Gasteiger partial charge in [-0.15, -0.1) is 0 Å². The first-order chi connectivity index (χ1) is 16.2. The molecule has 1 fully saturated rings. The summed E-state index contributed by atoms with van der Waals surface area (Å²) in [5.41, 5.74) is 6.79. The van der Waals surface area contributed by atoms with Gasteiger partial charge >= 0.3 is 0 Å². The predicted molar refractivity (Wildman–Crippen MR) is 137 cm³/mol. The molecule has 1 aliphatic heterocycles. The molecule has 2 amide bonds. The van der Waals surface area contributed by atoms with E-state index in [0.717, 1.165) is 0 Å². The van der Waals surface area contributed by atoms with Crippen LogP contribution in [0.3, 0.4) is 0 Å². The Morgan fingerprint density at radius 3 is 2.26 bits per heavy atom. The van der Waals surface area contributed by atoms with Crippen molar-refractivity contribution in [2.75, 3.05) is 5.75 Å². The minimum Gasteiger partial charge on any atom is -0.370 e. The van der Waals surface area contributed by atoms with Crippen LogP contribution in [0.25, 0.3) is 0 Å². The lowest BCUT2D eigenvalue weighted by atomic mass is 9.90. The lowest BCUT2D eigenvalue weighted by molar-refractivity contribution is -0.179. The zero-order valence-corrected chi connectivity index (χ0v) is 22.4. The third-order valence-electron chi connectivity index (χ3n) is 6.07. The summed E-state index contributed by atoms with van der Waals surface area (Å²) in [4.78, 5) is 27.0. The third kappa shape index (κ3) is 6.17.